The minimum atomic E-state index is 0.418. The SMILES string of the molecule is Cc1cc(Nc2ncnc3ccc([C@H]4CCCNC4)nc23)ccc1Oc1ccn2ncnc2c1. The van der Waals surface area contributed by atoms with Crippen LogP contribution in [0.2, 0.25) is 0 Å². The molecule has 1 saturated heterocycles. The van der Waals surface area contributed by atoms with Crippen LogP contribution in [-0.2, 0) is 0 Å². The number of nitrogens with zero attached hydrogens (tertiary/aromatic N) is 6. The summed E-state index contributed by atoms with van der Waals surface area (Å²) in [6, 6.07) is 13.8. The first-order chi connectivity index (χ1) is 16.7. The lowest BCUT2D eigenvalue weighted by Crippen LogP contribution is -2.28. The van der Waals surface area contributed by atoms with Gasteiger partial charge in [-0.1, -0.05) is 0 Å². The zero-order valence-corrected chi connectivity index (χ0v) is 18.8. The summed E-state index contributed by atoms with van der Waals surface area (Å²) in [6.07, 6.45) is 7.23. The van der Waals surface area contributed by atoms with Gasteiger partial charge in [0, 0.05) is 36.1 Å². The van der Waals surface area contributed by atoms with Gasteiger partial charge in [-0.3, -0.25) is 0 Å². The number of fused-ring (bicyclic) bond motifs is 2. The van der Waals surface area contributed by atoms with E-state index in [4.69, 9.17) is 9.72 Å². The first kappa shape index (κ1) is 20.5. The average molecular weight is 453 g/mol. The molecule has 4 aromatic heterocycles. The number of hydrogen-bond donors (Lipinski definition) is 2. The Labute approximate surface area is 196 Å². The van der Waals surface area contributed by atoms with E-state index in [0.717, 1.165) is 58.9 Å². The molecule has 6 rings (SSSR count). The smallest absolute Gasteiger partial charge is 0.160 e. The molecule has 0 saturated carbocycles. The van der Waals surface area contributed by atoms with Crippen LogP contribution in [0, 0.1) is 6.92 Å². The van der Waals surface area contributed by atoms with Crippen molar-refractivity contribution in [2.45, 2.75) is 25.7 Å². The normalized spacial score (nSPS) is 16.1. The van der Waals surface area contributed by atoms with Crippen LogP contribution in [0.3, 0.4) is 0 Å². The number of aromatic nitrogens is 6. The molecule has 1 fully saturated rings. The van der Waals surface area contributed by atoms with Gasteiger partial charge in [-0.2, -0.15) is 5.10 Å². The molecule has 0 radical (unpaired) electrons. The van der Waals surface area contributed by atoms with Crippen molar-refractivity contribution in [3.05, 3.63) is 72.6 Å². The number of benzene rings is 1. The zero-order valence-electron chi connectivity index (χ0n) is 18.8. The maximum absolute atomic E-state index is 6.09. The summed E-state index contributed by atoms with van der Waals surface area (Å²) in [5.41, 5.74) is 5.33. The summed E-state index contributed by atoms with van der Waals surface area (Å²) in [5, 5.41) is 11.0. The molecule has 0 unspecified atom stereocenters. The van der Waals surface area contributed by atoms with Crippen molar-refractivity contribution in [3.8, 4) is 11.5 Å². The number of anilines is 2. The van der Waals surface area contributed by atoms with Crippen LogP contribution in [0.1, 0.15) is 30.0 Å². The van der Waals surface area contributed by atoms with E-state index in [0.29, 0.717) is 17.5 Å². The van der Waals surface area contributed by atoms with Gasteiger partial charge in [-0.15, -0.1) is 0 Å². The van der Waals surface area contributed by atoms with Crippen molar-refractivity contribution in [1.82, 2.24) is 34.9 Å². The minimum Gasteiger partial charge on any atom is -0.457 e. The molecule has 1 aliphatic heterocycles. The number of pyridine rings is 2. The maximum atomic E-state index is 6.09. The monoisotopic (exact) mass is 452 g/mol. The number of nitrogens with one attached hydrogen (secondary N) is 2. The molecule has 9 nitrogen and oxygen atoms in total. The highest BCUT2D eigenvalue weighted by Gasteiger charge is 2.18. The molecule has 0 aliphatic carbocycles. The van der Waals surface area contributed by atoms with Gasteiger partial charge in [0.1, 0.15) is 29.7 Å². The second-order valence-electron chi connectivity index (χ2n) is 8.50. The first-order valence-corrected chi connectivity index (χ1v) is 11.4. The van der Waals surface area contributed by atoms with Gasteiger partial charge in [0.05, 0.1) is 5.52 Å². The molecular weight excluding hydrogens is 428 g/mol. The summed E-state index contributed by atoms with van der Waals surface area (Å²) in [5.74, 6) is 2.59. The molecule has 0 bridgehead atoms. The molecule has 1 aromatic carbocycles. The Morgan fingerprint density at radius 2 is 2.03 bits per heavy atom. The quantitative estimate of drug-likeness (QED) is 0.405. The molecule has 34 heavy (non-hydrogen) atoms. The Morgan fingerprint density at radius 3 is 2.91 bits per heavy atom. The van der Waals surface area contributed by atoms with Gasteiger partial charge in [-0.25, -0.2) is 24.5 Å². The van der Waals surface area contributed by atoms with E-state index in [1.165, 1.54) is 12.7 Å². The highest BCUT2D eigenvalue weighted by molar-refractivity contribution is 5.87. The van der Waals surface area contributed by atoms with Crippen LogP contribution in [0.15, 0.2) is 61.3 Å². The summed E-state index contributed by atoms with van der Waals surface area (Å²) >= 11 is 0. The lowest BCUT2D eigenvalue weighted by molar-refractivity contribution is 0.455. The fourth-order valence-electron chi connectivity index (χ4n) is 4.34. The van der Waals surface area contributed by atoms with Gasteiger partial charge in [0.2, 0.25) is 0 Å². The first-order valence-electron chi connectivity index (χ1n) is 11.4. The Morgan fingerprint density at radius 1 is 1.06 bits per heavy atom. The molecule has 1 atom stereocenters. The third-order valence-corrected chi connectivity index (χ3v) is 6.14. The Kier molecular flexibility index (Phi) is 5.23. The zero-order chi connectivity index (χ0) is 22.9. The number of ether oxygens (including phenoxy) is 1. The van der Waals surface area contributed by atoms with Gasteiger partial charge >= 0.3 is 0 Å². The lowest BCUT2D eigenvalue weighted by atomic mass is 9.95. The van der Waals surface area contributed by atoms with Crippen molar-refractivity contribution in [2.75, 3.05) is 18.4 Å². The minimum absolute atomic E-state index is 0.418. The third-order valence-electron chi connectivity index (χ3n) is 6.14. The van der Waals surface area contributed by atoms with E-state index in [2.05, 4.69) is 36.8 Å². The van der Waals surface area contributed by atoms with Crippen molar-refractivity contribution in [3.63, 3.8) is 0 Å². The Bertz CT molecular complexity index is 1470. The number of hydrogen-bond acceptors (Lipinski definition) is 8. The molecule has 170 valence electrons. The molecule has 5 heterocycles. The molecule has 0 amide bonds. The molecule has 0 spiro atoms. The number of rotatable bonds is 5. The van der Waals surface area contributed by atoms with E-state index in [1.807, 2.05) is 49.5 Å². The highest BCUT2D eigenvalue weighted by Crippen LogP contribution is 2.30. The van der Waals surface area contributed by atoms with E-state index >= 15 is 0 Å². The topological polar surface area (TPSA) is 102 Å². The number of aryl methyl sites for hydroxylation is 1. The summed E-state index contributed by atoms with van der Waals surface area (Å²) < 4.78 is 7.79. The van der Waals surface area contributed by atoms with Gasteiger partial charge < -0.3 is 15.4 Å². The molecule has 2 N–H and O–H groups in total. The third kappa shape index (κ3) is 4.01. The van der Waals surface area contributed by atoms with Crippen molar-refractivity contribution in [1.29, 1.82) is 0 Å². The largest absolute Gasteiger partial charge is 0.457 e. The Hall–Kier alpha value is -4.11. The van der Waals surface area contributed by atoms with Crippen molar-refractivity contribution >= 4 is 28.2 Å². The van der Waals surface area contributed by atoms with Crippen LogP contribution in [0.25, 0.3) is 16.7 Å². The molecule has 1 aliphatic rings. The van der Waals surface area contributed by atoms with Gasteiger partial charge in [0.15, 0.2) is 11.5 Å². The molecular formula is C25H24N8O. The van der Waals surface area contributed by atoms with Gasteiger partial charge in [-0.05, 0) is 68.3 Å². The van der Waals surface area contributed by atoms with Crippen LogP contribution in [-0.4, -0.2) is 42.6 Å². The van der Waals surface area contributed by atoms with Crippen molar-refractivity contribution in [2.24, 2.45) is 0 Å². The van der Waals surface area contributed by atoms with Gasteiger partial charge in [0.25, 0.3) is 0 Å². The van der Waals surface area contributed by atoms with E-state index in [-0.39, 0.29) is 0 Å². The summed E-state index contributed by atoms with van der Waals surface area (Å²) in [7, 11) is 0. The average Bonchev–Trinajstić information content (AvgIpc) is 3.34. The standard InChI is InChI=1S/C25H24N8O/c1-16-11-18(4-7-22(16)34-19-8-10-33-23(12-19)28-15-30-33)31-25-24-21(27-14-29-25)6-5-20(32-24)17-3-2-9-26-13-17/h4-8,10-12,14-15,17,26H,2-3,9,13H2,1H3,(H,27,29,31)/t17-/m0/s1. The summed E-state index contributed by atoms with van der Waals surface area (Å²) in [4.78, 5) is 18.0. The lowest BCUT2D eigenvalue weighted by Gasteiger charge is -2.22. The van der Waals surface area contributed by atoms with Crippen LogP contribution < -0.4 is 15.4 Å². The Balaban J connectivity index is 1.25. The summed E-state index contributed by atoms with van der Waals surface area (Å²) in [6.45, 7) is 4.05. The molecule has 9 heteroatoms. The predicted octanol–water partition coefficient (Wildman–Crippen LogP) is 4.38. The van der Waals surface area contributed by atoms with E-state index < -0.39 is 0 Å². The van der Waals surface area contributed by atoms with Crippen molar-refractivity contribution < 1.29 is 4.74 Å². The van der Waals surface area contributed by atoms with E-state index in [1.54, 1.807) is 10.8 Å². The highest BCUT2D eigenvalue weighted by atomic mass is 16.5. The van der Waals surface area contributed by atoms with Crippen LogP contribution >= 0.6 is 0 Å². The van der Waals surface area contributed by atoms with Crippen LogP contribution in [0.5, 0.6) is 11.5 Å². The second kappa shape index (κ2) is 8.68. The predicted molar refractivity (Wildman–Crippen MR) is 130 cm³/mol. The maximum Gasteiger partial charge on any atom is 0.160 e. The number of piperidine rings is 1. The fourth-order valence-corrected chi connectivity index (χ4v) is 4.34. The molecule has 5 aromatic rings. The van der Waals surface area contributed by atoms with E-state index in [9.17, 15) is 0 Å². The van der Waals surface area contributed by atoms with Crippen LogP contribution in [0.4, 0.5) is 11.5 Å². The second-order valence-corrected chi connectivity index (χ2v) is 8.50. The fraction of sp³-hybridized carbons (Fsp3) is 0.240.